The summed E-state index contributed by atoms with van der Waals surface area (Å²) in [6, 6.07) is 0.610. The van der Waals surface area contributed by atoms with Crippen molar-refractivity contribution in [2.24, 2.45) is 10.9 Å². The summed E-state index contributed by atoms with van der Waals surface area (Å²) in [5.41, 5.74) is 0. The van der Waals surface area contributed by atoms with E-state index in [1.807, 2.05) is 0 Å². The van der Waals surface area contributed by atoms with Crippen molar-refractivity contribution in [3.63, 3.8) is 0 Å². The van der Waals surface area contributed by atoms with E-state index in [1.54, 1.807) is 0 Å². The lowest BCUT2D eigenvalue weighted by Gasteiger charge is -2.25. The van der Waals surface area contributed by atoms with E-state index in [1.165, 1.54) is 12.3 Å². The molecule has 1 aliphatic carbocycles. The van der Waals surface area contributed by atoms with Gasteiger partial charge in [-0.25, -0.2) is 0 Å². The Morgan fingerprint density at radius 3 is 2.80 bits per heavy atom. The van der Waals surface area contributed by atoms with Crippen molar-refractivity contribution >= 4 is 5.84 Å². The van der Waals surface area contributed by atoms with Gasteiger partial charge in [0, 0.05) is 25.6 Å². The molecule has 0 aromatic heterocycles. The van der Waals surface area contributed by atoms with E-state index in [0.29, 0.717) is 6.04 Å². The fourth-order valence-electron chi connectivity index (χ4n) is 1.92. The van der Waals surface area contributed by atoms with Gasteiger partial charge < -0.3 is 9.80 Å². The number of hydrogen-bond donors (Lipinski definition) is 0. The molecule has 1 aliphatic heterocycles. The molecule has 0 radical (unpaired) electrons. The van der Waals surface area contributed by atoms with E-state index in [9.17, 15) is 0 Å². The van der Waals surface area contributed by atoms with Gasteiger partial charge in [0.15, 0.2) is 0 Å². The highest BCUT2D eigenvalue weighted by Gasteiger charge is 2.37. The first-order chi connectivity index (χ1) is 7.20. The smallest absolute Gasteiger partial charge is 0.123 e. The maximum Gasteiger partial charge on any atom is 0.123 e. The quantitative estimate of drug-likeness (QED) is 0.690. The van der Waals surface area contributed by atoms with Crippen LogP contribution in [0.3, 0.4) is 0 Å². The van der Waals surface area contributed by atoms with Crippen LogP contribution in [0.4, 0.5) is 0 Å². The molecular weight excluding hydrogens is 186 g/mol. The first-order valence-electron chi connectivity index (χ1n) is 5.86. The molecule has 3 nitrogen and oxygen atoms in total. The summed E-state index contributed by atoms with van der Waals surface area (Å²) in [6.45, 7) is 5.41. The maximum atomic E-state index is 4.74. The first-order valence-corrected chi connectivity index (χ1v) is 5.86. The Labute approximate surface area is 92.5 Å². The molecule has 0 bridgehead atoms. The summed E-state index contributed by atoms with van der Waals surface area (Å²) in [5.74, 6) is 1.96. The fourth-order valence-corrected chi connectivity index (χ4v) is 1.92. The number of aliphatic imine (C=N–C) groups is 1. The van der Waals surface area contributed by atoms with Crippen LogP contribution in [-0.2, 0) is 0 Å². The van der Waals surface area contributed by atoms with Gasteiger partial charge in [0.1, 0.15) is 5.84 Å². The van der Waals surface area contributed by atoms with Gasteiger partial charge in [0.05, 0.1) is 6.04 Å². The van der Waals surface area contributed by atoms with Crippen molar-refractivity contribution in [2.45, 2.75) is 19.4 Å². The Morgan fingerprint density at radius 2 is 2.20 bits per heavy atom. The topological polar surface area (TPSA) is 18.8 Å². The summed E-state index contributed by atoms with van der Waals surface area (Å²) in [6.07, 6.45) is 5.80. The number of nitrogens with zero attached hydrogens (tertiary/aromatic N) is 3. The molecule has 2 unspecified atom stereocenters. The Morgan fingerprint density at radius 1 is 1.40 bits per heavy atom. The van der Waals surface area contributed by atoms with Crippen LogP contribution in [0.5, 0.6) is 0 Å². The maximum absolute atomic E-state index is 4.74. The van der Waals surface area contributed by atoms with Crippen LogP contribution >= 0.6 is 0 Å². The minimum atomic E-state index is 0.610. The van der Waals surface area contributed by atoms with E-state index in [-0.39, 0.29) is 0 Å². The van der Waals surface area contributed by atoms with Crippen molar-refractivity contribution in [3.8, 4) is 0 Å². The lowest BCUT2D eigenvalue weighted by molar-refractivity contribution is 0.337. The van der Waals surface area contributed by atoms with Gasteiger partial charge in [-0.1, -0.05) is 6.08 Å². The fraction of sp³-hybridized carbons (Fsp3) is 0.750. The van der Waals surface area contributed by atoms with Crippen LogP contribution in [0.2, 0.25) is 0 Å². The van der Waals surface area contributed by atoms with Crippen molar-refractivity contribution in [1.29, 1.82) is 0 Å². The normalized spacial score (nSPS) is 27.6. The molecular formula is C12H21N3. The third kappa shape index (κ3) is 2.59. The molecule has 2 atom stereocenters. The number of hydrogen-bond acceptors (Lipinski definition) is 3. The Balaban J connectivity index is 1.91. The molecule has 0 aromatic carbocycles. The molecule has 1 saturated carbocycles. The van der Waals surface area contributed by atoms with Crippen LogP contribution in [0.15, 0.2) is 17.1 Å². The predicted molar refractivity (Wildman–Crippen MR) is 64.3 cm³/mol. The van der Waals surface area contributed by atoms with Crippen molar-refractivity contribution in [2.75, 3.05) is 33.7 Å². The van der Waals surface area contributed by atoms with Crippen molar-refractivity contribution < 1.29 is 0 Å². The van der Waals surface area contributed by atoms with Crippen LogP contribution in [0, 0.1) is 5.92 Å². The zero-order valence-electron chi connectivity index (χ0n) is 9.98. The summed E-state index contributed by atoms with van der Waals surface area (Å²) in [4.78, 5) is 9.33. The Bertz CT molecular complexity index is 281. The second kappa shape index (κ2) is 4.35. The van der Waals surface area contributed by atoms with Gasteiger partial charge in [0.25, 0.3) is 0 Å². The first kappa shape index (κ1) is 10.7. The summed E-state index contributed by atoms with van der Waals surface area (Å²) in [7, 11) is 4.23. The second-order valence-electron chi connectivity index (χ2n) is 4.70. The van der Waals surface area contributed by atoms with Crippen molar-refractivity contribution in [1.82, 2.24) is 9.80 Å². The van der Waals surface area contributed by atoms with Crippen molar-refractivity contribution in [3.05, 3.63) is 12.2 Å². The molecule has 0 N–H and O–H groups in total. The summed E-state index contributed by atoms with van der Waals surface area (Å²) in [5, 5.41) is 0. The molecule has 3 heteroatoms. The SMILES string of the molecule is CCN(CCN(C)C)C1=NC2CC2C=C1. The molecule has 0 saturated heterocycles. The summed E-state index contributed by atoms with van der Waals surface area (Å²) >= 11 is 0. The third-order valence-electron chi connectivity index (χ3n) is 3.12. The van der Waals surface area contributed by atoms with E-state index in [2.05, 4.69) is 43.0 Å². The number of likely N-dealkylation sites (N-methyl/N-ethyl adjacent to an activating group) is 2. The molecule has 84 valence electrons. The lowest BCUT2D eigenvalue weighted by Crippen LogP contribution is -2.36. The average molecular weight is 207 g/mol. The van der Waals surface area contributed by atoms with Gasteiger partial charge in [-0.05, 0) is 33.5 Å². The highest BCUT2D eigenvalue weighted by Crippen LogP contribution is 2.37. The molecule has 0 aromatic rings. The van der Waals surface area contributed by atoms with Gasteiger partial charge in [-0.15, -0.1) is 0 Å². The zero-order valence-corrected chi connectivity index (χ0v) is 9.98. The Hall–Kier alpha value is -0.830. The van der Waals surface area contributed by atoms with Gasteiger partial charge in [-0.3, -0.25) is 4.99 Å². The molecule has 2 rings (SSSR count). The Kier molecular flexibility index (Phi) is 3.10. The monoisotopic (exact) mass is 207 g/mol. The van der Waals surface area contributed by atoms with E-state index in [4.69, 9.17) is 4.99 Å². The molecule has 15 heavy (non-hydrogen) atoms. The average Bonchev–Trinajstić information content (AvgIpc) is 2.96. The highest BCUT2D eigenvalue weighted by atomic mass is 15.2. The number of dihydropyridines is 1. The van der Waals surface area contributed by atoms with Crippen LogP contribution in [0.1, 0.15) is 13.3 Å². The minimum Gasteiger partial charge on any atom is -0.356 e. The zero-order chi connectivity index (χ0) is 10.8. The minimum absolute atomic E-state index is 0.610. The molecule has 0 spiro atoms. The molecule has 0 amide bonds. The largest absolute Gasteiger partial charge is 0.356 e. The number of rotatable bonds is 4. The van der Waals surface area contributed by atoms with Crippen LogP contribution in [0.25, 0.3) is 0 Å². The second-order valence-corrected chi connectivity index (χ2v) is 4.70. The number of fused-ring (bicyclic) bond motifs is 1. The molecule has 2 aliphatic rings. The highest BCUT2D eigenvalue weighted by molar-refractivity contribution is 5.94. The van der Waals surface area contributed by atoms with Crippen LogP contribution < -0.4 is 0 Å². The standard InChI is InChI=1S/C12H21N3/c1-4-15(8-7-14(2)3)12-6-5-10-9-11(10)13-12/h5-6,10-11H,4,7-9H2,1-3H3. The van der Waals surface area contributed by atoms with Gasteiger partial charge >= 0.3 is 0 Å². The van der Waals surface area contributed by atoms with E-state index >= 15 is 0 Å². The number of amidine groups is 1. The molecule has 1 heterocycles. The lowest BCUT2D eigenvalue weighted by atomic mass is 10.2. The third-order valence-corrected chi connectivity index (χ3v) is 3.12. The van der Waals surface area contributed by atoms with E-state index < -0.39 is 0 Å². The van der Waals surface area contributed by atoms with Crippen LogP contribution in [-0.4, -0.2) is 55.4 Å². The van der Waals surface area contributed by atoms with Gasteiger partial charge in [0.2, 0.25) is 0 Å². The predicted octanol–water partition coefficient (Wildman–Crippen LogP) is 1.23. The molecule has 1 fully saturated rings. The van der Waals surface area contributed by atoms with E-state index in [0.717, 1.165) is 25.6 Å². The summed E-state index contributed by atoms with van der Waals surface area (Å²) < 4.78 is 0. The van der Waals surface area contributed by atoms with Gasteiger partial charge in [-0.2, -0.15) is 0 Å².